The molecule has 124 valence electrons. The largest absolute Gasteiger partial charge is 0.493 e. The molecule has 0 aromatic heterocycles. The minimum Gasteiger partial charge on any atom is -0.493 e. The first kappa shape index (κ1) is 17.0. The van der Waals surface area contributed by atoms with Gasteiger partial charge in [0.05, 0.1) is 13.3 Å². The zero-order valence-corrected chi connectivity index (χ0v) is 13.1. The SMILES string of the molecule is COc1cc(/C=N\NC(=O)c2ccccc2)ccc1OCC(N)=O. The molecule has 0 aliphatic rings. The summed E-state index contributed by atoms with van der Waals surface area (Å²) in [6.45, 7) is -0.239. The molecule has 0 unspecified atom stereocenters. The molecule has 2 aromatic rings. The molecular formula is C17H17N3O4. The van der Waals surface area contributed by atoms with Crippen LogP contribution < -0.4 is 20.6 Å². The van der Waals surface area contributed by atoms with E-state index >= 15 is 0 Å². The Morgan fingerprint density at radius 2 is 1.92 bits per heavy atom. The van der Waals surface area contributed by atoms with Crippen LogP contribution in [-0.4, -0.2) is 31.7 Å². The minimum atomic E-state index is -0.577. The lowest BCUT2D eigenvalue weighted by Gasteiger charge is -2.09. The van der Waals surface area contributed by atoms with Gasteiger partial charge in [0.25, 0.3) is 11.8 Å². The molecule has 0 fully saturated rings. The van der Waals surface area contributed by atoms with Crippen LogP contribution in [0.25, 0.3) is 0 Å². The summed E-state index contributed by atoms with van der Waals surface area (Å²) in [6, 6.07) is 13.8. The van der Waals surface area contributed by atoms with Crippen LogP contribution in [0.5, 0.6) is 11.5 Å². The van der Waals surface area contributed by atoms with Gasteiger partial charge in [-0.05, 0) is 35.9 Å². The van der Waals surface area contributed by atoms with Gasteiger partial charge in [0.2, 0.25) is 0 Å². The highest BCUT2D eigenvalue weighted by molar-refractivity contribution is 5.94. The number of primary amides is 1. The Morgan fingerprint density at radius 1 is 1.17 bits per heavy atom. The van der Waals surface area contributed by atoms with E-state index in [-0.39, 0.29) is 12.5 Å². The molecule has 0 radical (unpaired) electrons. The zero-order valence-electron chi connectivity index (χ0n) is 13.1. The molecular weight excluding hydrogens is 310 g/mol. The molecule has 0 aliphatic carbocycles. The molecule has 7 heteroatoms. The first-order valence-corrected chi connectivity index (χ1v) is 7.07. The molecule has 0 bridgehead atoms. The van der Waals surface area contributed by atoms with E-state index in [4.69, 9.17) is 15.2 Å². The Labute approximate surface area is 139 Å². The maximum Gasteiger partial charge on any atom is 0.271 e. The van der Waals surface area contributed by atoms with Gasteiger partial charge in [-0.25, -0.2) is 5.43 Å². The highest BCUT2D eigenvalue weighted by Crippen LogP contribution is 2.27. The molecule has 24 heavy (non-hydrogen) atoms. The van der Waals surface area contributed by atoms with E-state index in [1.807, 2.05) is 6.07 Å². The molecule has 2 amide bonds. The third-order valence-corrected chi connectivity index (χ3v) is 2.97. The number of nitrogens with zero attached hydrogens (tertiary/aromatic N) is 1. The standard InChI is InChI=1S/C17H17N3O4/c1-23-15-9-12(7-8-14(15)24-11-16(18)21)10-19-20-17(22)13-5-3-2-4-6-13/h2-10H,11H2,1H3,(H2,18,21)(H,20,22)/b19-10-. The molecule has 0 saturated carbocycles. The summed E-state index contributed by atoms with van der Waals surface area (Å²) < 4.78 is 10.4. The summed E-state index contributed by atoms with van der Waals surface area (Å²) in [6.07, 6.45) is 1.47. The van der Waals surface area contributed by atoms with E-state index in [1.54, 1.807) is 42.5 Å². The fourth-order valence-electron chi connectivity index (χ4n) is 1.85. The fraction of sp³-hybridized carbons (Fsp3) is 0.118. The van der Waals surface area contributed by atoms with Crippen LogP contribution in [0, 0.1) is 0 Å². The van der Waals surface area contributed by atoms with Crippen molar-refractivity contribution in [3.63, 3.8) is 0 Å². The Kier molecular flexibility index (Phi) is 5.90. The number of nitrogens with two attached hydrogens (primary N) is 1. The second-order valence-electron chi connectivity index (χ2n) is 4.73. The Hall–Kier alpha value is -3.35. The van der Waals surface area contributed by atoms with Crippen molar-refractivity contribution in [3.05, 3.63) is 59.7 Å². The van der Waals surface area contributed by atoms with Crippen LogP contribution in [0.1, 0.15) is 15.9 Å². The average molecular weight is 327 g/mol. The van der Waals surface area contributed by atoms with Crippen LogP contribution in [0.4, 0.5) is 0 Å². The Bertz CT molecular complexity index is 745. The van der Waals surface area contributed by atoms with Gasteiger partial charge < -0.3 is 15.2 Å². The van der Waals surface area contributed by atoms with Crippen molar-refractivity contribution in [2.24, 2.45) is 10.8 Å². The minimum absolute atomic E-state index is 0.239. The zero-order chi connectivity index (χ0) is 17.4. The predicted molar refractivity (Wildman–Crippen MR) is 89.2 cm³/mol. The van der Waals surface area contributed by atoms with E-state index in [9.17, 15) is 9.59 Å². The third kappa shape index (κ3) is 4.84. The lowest BCUT2D eigenvalue weighted by Crippen LogP contribution is -2.20. The molecule has 7 nitrogen and oxygen atoms in total. The summed E-state index contributed by atoms with van der Waals surface area (Å²) in [7, 11) is 1.48. The summed E-state index contributed by atoms with van der Waals surface area (Å²) in [5.74, 6) is -0.0668. The van der Waals surface area contributed by atoms with Gasteiger partial charge in [-0.3, -0.25) is 9.59 Å². The van der Waals surface area contributed by atoms with Crippen LogP contribution in [0.3, 0.4) is 0 Å². The van der Waals surface area contributed by atoms with Crippen LogP contribution >= 0.6 is 0 Å². The number of hydrogen-bond acceptors (Lipinski definition) is 5. The summed E-state index contributed by atoms with van der Waals surface area (Å²) in [5, 5.41) is 3.90. The molecule has 0 heterocycles. The van der Waals surface area contributed by atoms with Gasteiger partial charge in [0, 0.05) is 5.56 Å². The first-order chi connectivity index (χ1) is 11.6. The smallest absolute Gasteiger partial charge is 0.271 e. The van der Waals surface area contributed by atoms with E-state index < -0.39 is 5.91 Å². The van der Waals surface area contributed by atoms with Crippen molar-refractivity contribution < 1.29 is 19.1 Å². The second kappa shape index (κ2) is 8.33. The van der Waals surface area contributed by atoms with Gasteiger partial charge in [-0.1, -0.05) is 18.2 Å². The van der Waals surface area contributed by atoms with Gasteiger partial charge in [-0.2, -0.15) is 5.10 Å². The number of hydrazone groups is 1. The quantitative estimate of drug-likeness (QED) is 0.591. The number of amides is 2. The maximum absolute atomic E-state index is 11.8. The Balaban J connectivity index is 2.01. The number of carbonyl (C=O) groups is 2. The number of methoxy groups -OCH3 is 1. The summed E-state index contributed by atoms with van der Waals surface area (Å²) >= 11 is 0. The van der Waals surface area contributed by atoms with Crippen LogP contribution in [0.15, 0.2) is 53.6 Å². The van der Waals surface area contributed by atoms with E-state index in [0.717, 1.165) is 0 Å². The lowest BCUT2D eigenvalue weighted by molar-refractivity contribution is -0.119. The molecule has 0 atom stereocenters. The number of nitrogens with one attached hydrogen (secondary N) is 1. The third-order valence-electron chi connectivity index (χ3n) is 2.97. The Morgan fingerprint density at radius 3 is 2.58 bits per heavy atom. The monoisotopic (exact) mass is 327 g/mol. The van der Waals surface area contributed by atoms with E-state index in [1.165, 1.54) is 13.3 Å². The molecule has 2 aromatic carbocycles. The number of benzene rings is 2. The number of ether oxygens (including phenoxy) is 2. The second-order valence-corrected chi connectivity index (χ2v) is 4.73. The van der Waals surface area contributed by atoms with E-state index in [0.29, 0.717) is 22.6 Å². The average Bonchev–Trinajstić information content (AvgIpc) is 2.61. The van der Waals surface area contributed by atoms with Crippen LogP contribution in [0.2, 0.25) is 0 Å². The van der Waals surface area contributed by atoms with Gasteiger partial charge in [-0.15, -0.1) is 0 Å². The van der Waals surface area contributed by atoms with Crippen molar-refractivity contribution in [2.45, 2.75) is 0 Å². The molecule has 0 saturated heterocycles. The highest BCUT2D eigenvalue weighted by Gasteiger charge is 2.07. The van der Waals surface area contributed by atoms with Crippen molar-refractivity contribution in [3.8, 4) is 11.5 Å². The number of hydrogen-bond donors (Lipinski definition) is 2. The molecule has 0 aliphatic heterocycles. The highest BCUT2D eigenvalue weighted by atomic mass is 16.5. The normalized spacial score (nSPS) is 10.4. The van der Waals surface area contributed by atoms with Crippen molar-refractivity contribution in [1.29, 1.82) is 0 Å². The molecule has 0 spiro atoms. The molecule has 3 N–H and O–H groups in total. The molecule has 2 rings (SSSR count). The van der Waals surface area contributed by atoms with E-state index in [2.05, 4.69) is 10.5 Å². The topological polar surface area (TPSA) is 103 Å². The fourth-order valence-corrected chi connectivity index (χ4v) is 1.85. The number of carbonyl (C=O) groups excluding carboxylic acids is 2. The van der Waals surface area contributed by atoms with Crippen molar-refractivity contribution in [1.82, 2.24) is 5.43 Å². The van der Waals surface area contributed by atoms with Gasteiger partial charge >= 0.3 is 0 Å². The van der Waals surface area contributed by atoms with Crippen molar-refractivity contribution >= 4 is 18.0 Å². The maximum atomic E-state index is 11.8. The summed E-state index contributed by atoms with van der Waals surface area (Å²) in [5.41, 5.74) is 8.68. The van der Waals surface area contributed by atoms with Crippen molar-refractivity contribution in [2.75, 3.05) is 13.7 Å². The summed E-state index contributed by atoms with van der Waals surface area (Å²) in [4.78, 5) is 22.6. The van der Waals surface area contributed by atoms with Crippen LogP contribution in [-0.2, 0) is 4.79 Å². The first-order valence-electron chi connectivity index (χ1n) is 7.07. The number of rotatable bonds is 7. The van der Waals surface area contributed by atoms with Gasteiger partial charge in [0.15, 0.2) is 18.1 Å². The lowest BCUT2D eigenvalue weighted by atomic mass is 10.2. The predicted octanol–water partition coefficient (Wildman–Crippen LogP) is 1.32. The van der Waals surface area contributed by atoms with Gasteiger partial charge in [0.1, 0.15) is 0 Å².